The molecule has 7 heteroatoms. The van der Waals surface area contributed by atoms with Crippen LogP contribution in [0.1, 0.15) is 40.5 Å². The fraction of sp³-hybridized carbons (Fsp3) is 1.00. The van der Waals surface area contributed by atoms with E-state index in [2.05, 4.69) is 0 Å². The average molecular weight is 286 g/mol. The van der Waals surface area contributed by atoms with Gasteiger partial charge in [0.25, 0.3) is 10.1 Å². The standard InChI is InChI=1S/C10H20ClNO4S/c1-9(2)5-8(16-17(14,15)7-11)6-10(3,4)12(9)13/h8,13H,5-7H2,1-4H3. The molecule has 0 saturated carbocycles. The first kappa shape index (κ1) is 15.2. The van der Waals surface area contributed by atoms with Crippen molar-refractivity contribution in [2.45, 2.75) is 57.7 Å². The van der Waals surface area contributed by atoms with Gasteiger partial charge in [0.15, 0.2) is 0 Å². The molecular weight excluding hydrogens is 266 g/mol. The molecule has 1 fully saturated rings. The Morgan fingerprint density at radius 2 is 1.71 bits per heavy atom. The van der Waals surface area contributed by atoms with Gasteiger partial charge in [0.05, 0.1) is 6.10 Å². The smallest absolute Gasteiger partial charge is 0.281 e. The molecule has 1 aliphatic rings. The van der Waals surface area contributed by atoms with Crippen LogP contribution in [-0.4, -0.2) is 41.1 Å². The highest BCUT2D eigenvalue weighted by Crippen LogP contribution is 2.38. The first-order valence-electron chi connectivity index (χ1n) is 5.46. The summed E-state index contributed by atoms with van der Waals surface area (Å²) in [4.78, 5) is 0. The van der Waals surface area contributed by atoms with Gasteiger partial charge in [0.1, 0.15) is 5.21 Å². The second-order valence-corrected chi connectivity index (χ2v) is 7.91. The topological polar surface area (TPSA) is 66.8 Å². The molecule has 0 unspecified atom stereocenters. The van der Waals surface area contributed by atoms with Crippen LogP contribution in [0.5, 0.6) is 0 Å². The Kier molecular flexibility index (Phi) is 4.16. The highest BCUT2D eigenvalue weighted by molar-refractivity contribution is 7.87. The molecule has 1 saturated heterocycles. The molecule has 5 nitrogen and oxygen atoms in total. The SMILES string of the molecule is CC1(C)CC(OS(=O)(=O)CCl)CC(C)(C)N1O. The average Bonchev–Trinajstić information content (AvgIpc) is 2.12. The number of hydroxylamine groups is 2. The number of alkyl halides is 1. The fourth-order valence-electron chi connectivity index (χ4n) is 2.48. The van der Waals surface area contributed by atoms with E-state index in [0.717, 1.165) is 0 Å². The maximum atomic E-state index is 11.3. The Labute approximate surface area is 108 Å². The summed E-state index contributed by atoms with van der Waals surface area (Å²) in [5.74, 6) is 0. The van der Waals surface area contributed by atoms with E-state index in [9.17, 15) is 13.6 Å². The van der Waals surface area contributed by atoms with E-state index >= 15 is 0 Å². The minimum absolute atomic E-state index is 0.434. The van der Waals surface area contributed by atoms with Gasteiger partial charge in [-0.05, 0) is 40.5 Å². The molecule has 0 aliphatic carbocycles. The highest BCUT2D eigenvalue weighted by Gasteiger charge is 2.46. The third-order valence-corrected chi connectivity index (χ3v) is 4.65. The summed E-state index contributed by atoms with van der Waals surface area (Å²) in [6.07, 6.45) is 0.415. The molecule has 0 spiro atoms. The van der Waals surface area contributed by atoms with Crippen LogP contribution in [0.4, 0.5) is 0 Å². The number of hydrogen-bond acceptors (Lipinski definition) is 5. The van der Waals surface area contributed by atoms with Crippen molar-refractivity contribution < 1.29 is 17.8 Å². The largest absolute Gasteiger partial charge is 0.313 e. The number of hydrogen-bond donors (Lipinski definition) is 1. The summed E-state index contributed by atoms with van der Waals surface area (Å²) in [5, 5.41) is 10.8. The Morgan fingerprint density at radius 1 is 1.29 bits per heavy atom. The van der Waals surface area contributed by atoms with E-state index in [1.165, 1.54) is 5.06 Å². The van der Waals surface area contributed by atoms with Crippen molar-refractivity contribution in [1.82, 2.24) is 5.06 Å². The van der Waals surface area contributed by atoms with Crippen LogP contribution in [0.3, 0.4) is 0 Å². The van der Waals surface area contributed by atoms with Gasteiger partial charge in [-0.25, -0.2) is 0 Å². The molecule has 0 amide bonds. The molecule has 0 aromatic heterocycles. The molecule has 1 N–H and O–H groups in total. The molecule has 0 radical (unpaired) electrons. The van der Waals surface area contributed by atoms with Crippen LogP contribution in [0.15, 0.2) is 0 Å². The van der Waals surface area contributed by atoms with Crippen molar-refractivity contribution in [3.05, 3.63) is 0 Å². The summed E-state index contributed by atoms with van der Waals surface area (Å²) in [7, 11) is -3.67. The number of halogens is 1. The predicted octanol–water partition coefficient (Wildman–Crippen LogP) is 1.94. The van der Waals surface area contributed by atoms with Crippen molar-refractivity contribution >= 4 is 21.7 Å². The van der Waals surface area contributed by atoms with Gasteiger partial charge >= 0.3 is 0 Å². The number of rotatable bonds is 3. The van der Waals surface area contributed by atoms with Gasteiger partial charge in [-0.1, -0.05) is 0 Å². The monoisotopic (exact) mass is 285 g/mol. The molecule has 17 heavy (non-hydrogen) atoms. The quantitative estimate of drug-likeness (QED) is 0.634. The van der Waals surface area contributed by atoms with Crippen molar-refractivity contribution in [3.63, 3.8) is 0 Å². The van der Waals surface area contributed by atoms with E-state index in [-0.39, 0.29) is 0 Å². The Balaban J connectivity index is 2.86. The third kappa shape index (κ3) is 3.54. The minimum Gasteiger partial charge on any atom is -0.313 e. The third-order valence-electron chi connectivity index (χ3n) is 3.02. The van der Waals surface area contributed by atoms with E-state index in [4.69, 9.17) is 15.8 Å². The number of piperidine rings is 1. The lowest BCUT2D eigenvalue weighted by Gasteiger charge is -2.50. The van der Waals surface area contributed by atoms with E-state index in [1.54, 1.807) is 0 Å². The molecule has 0 atom stereocenters. The Bertz CT molecular complexity index is 362. The van der Waals surface area contributed by atoms with Gasteiger partial charge in [-0.2, -0.15) is 13.5 Å². The summed E-state index contributed by atoms with van der Waals surface area (Å²) >= 11 is 5.31. The van der Waals surface area contributed by atoms with Crippen molar-refractivity contribution in [2.24, 2.45) is 0 Å². The lowest BCUT2D eigenvalue weighted by atomic mass is 9.80. The molecule has 102 valence electrons. The van der Waals surface area contributed by atoms with Crippen LogP contribution >= 0.6 is 11.6 Å². The maximum Gasteiger partial charge on any atom is 0.281 e. The van der Waals surface area contributed by atoms with Gasteiger partial charge in [-0.15, -0.1) is 11.6 Å². The first-order chi connectivity index (χ1) is 7.50. The van der Waals surface area contributed by atoms with Crippen LogP contribution < -0.4 is 0 Å². The van der Waals surface area contributed by atoms with E-state index in [0.29, 0.717) is 12.8 Å². The fourth-order valence-corrected chi connectivity index (χ4v) is 3.24. The molecule has 1 rings (SSSR count). The lowest BCUT2D eigenvalue weighted by Crippen LogP contribution is -2.60. The zero-order valence-corrected chi connectivity index (χ0v) is 12.2. The van der Waals surface area contributed by atoms with Crippen LogP contribution in [0, 0.1) is 0 Å². The van der Waals surface area contributed by atoms with Crippen molar-refractivity contribution in [1.29, 1.82) is 0 Å². The molecule has 0 aromatic rings. The van der Waals surface area contributed by atoms with Gasteiger partial charge in [0, 0.05) is 11.1 Å². The van der Waals surface area contributed by atoms with E-state index < -0.39 is 32.5 Å². The van der Waals surface area contributed by atoms with Crippen LogP contribution in [0.25, 0.3) is 0 Å². The number of nitrogens with zero attached hydrogens (tertiary/aromatic N) is 1. The molecule has 1 heterocycles. The summed E-state index contributed by atoms with van der Waals surface area (Å²) in [6.45, 7) is 7.38. The zero-order chi connectivity index (χ0) is 13.5. The summed E-state index contributed by atoms with van der Waals surface area (Å²) in [6, 6.07) is 0. The molecule has 1 aliphatic heterocycles. The second kappa shape index (κ2) is 4.66. The molecule has 0 aromatic carbocycles. The summed E-state index contributed by atoms with van der Waals surface area (Å²) in [5.41, 5.74) is -1.07. The van der Waals surface area contributed by atoms with Gasteiger partial charge < -0.3 is 5.21 Å². The normalized spacial score (nSPS) is 26.0. The Morgan fingerprint density at radius 3 is 2.06 bits per heavy atom. The van der Waals surface area contributed by atoms with Gasteiger partial charge in [0.2, 0.25) is 0 Å². The minimum atomic E-state index is -3.67. The zero-order valence-electron chi connectivity index (χ0n) is 10.6. The van der Waals surface area contributed by atoms with Crippen molar-refractivity contribution in [2.75, 3.05) is 5.21 Å². The lowest BCUT2D eigenvalue weighted by molar-refractivity contribution is -0.254. The summed E-state index contributed by atoms with van der Waals surface area (Å²) < 4.78 is 27.7. The van der Waals surface area contributed by atoms with Crippen molar-refractivity contribution in [3.8, 4) is 0 Å². The second-order valence-electron chi connectivity index (χ2n) is 5.73. The van der Waals surface area contributed by atoms with Gasteiger partial charge in [-0.3, -0.25) is 4.18 Å². The maximum absolute atomic E-state index is 11.3. The highest BCUT2D eigenvalue weighted by atomic mass is 35.5. The Hall–Kier alpha value is 0.120. The van der Waals surface area contributed by atoms with Crippen LogP contribution in [0.2, 0.25) is 0 Å². The predicted molar refractivity (Wildman–Crippen MR) is 65.5 cm³/mol. The van der Waals surface area contributed by atoms with E-state index in [1.807, 2.05) is 27.7 Å². The molecular formula is C10H20ClNO4S. The van der Waals surface area contributed by atoms with Crippen LogP contribution in [-0.2, 0) is 14.3 Å². The first-order valence-corrected chi connectivity index (χ1v) is 7.57. The molecule has 0 bridgehead atoms.